The number of benzene rings is 1. The first-order valence-electron chi connectivity index (χ1n) is 6.96. The Labute approximate surface area is 132 Å². The van der Waals surface area contributed by atoms with Gasteiger partial charge >= 0.3 is 0 Å². The molecule has 0 bridgehead atoms. The quantitative estimate of drug-likeness (QED) is 0.861. The van der Waals surface area contributed by atoms with Gasteiger partial charge in [-0.15, -0.1) is 0 Å². The topological polar surface area (TPSA) is 75.7 Å². The Morgan fingerprint density at radius 2 is 1.95 bits per heavy atom. The van der Waals surface area contributed by atoms with Crippen LogP contribution < -0.4 is 14.4 Å². The van der Waals surface area contributed by atoms with Gasteiger partial charge in [0.05, 0.1) is 25.6 Å². The number of carbonyl (C=O) groups is 1. The van der Waals surface area contributed by atoms with Crippen LogP contribution in [0.4, 0.5) is 5.69 Å². The predicted molar refractivity (Wildman–Crippen MR) is 87.6 cm³/mol. The summed E-state index contributed by atoms with van der Waals surface area (Å²) >= 11 is 0. The fourth-order valence-corrected chi connectivity index (χ4v) is 2.71. The van der Waals surface area contributed by atoms with Crippen molar-refractivity contribution in [1.29, 1.82) is 0 Å². The van der Waals surface area contributed by atoms with E-state index in [1.165, 1.54) is 11.4 Å². The van der Waals surface area contributed by atoms with Gasteiger partial charge in [-0.2, -0.15) is 0 Å². The molecule has 0 spiro atoms. The maximum Gasteiger partial charge on any atom is 0.232 e. The van der Waals surface area contributed by atoms with Gasteiger partial charge in [-0.05, 0) is 12.1 Å². The second kappa shape index (κ2) is 7.00. The van der Waals surface area contributed by atoms with Crippen LogP contribution in [-0.2, 0) is 14.8 Å². The van der Waals surface area contributed by atoms with Crippen molar-refractivity contribution < 1.29 is 17.9 Å². The molecule has 0 aliphatic carbocycles. The third kappa shape index (κ3) is 5.22. The summed E-state index contributed by atoms with van der Waals surface area (Å²) < 4.78 is 30.3. The highest BCUT2D eigenvalue weighted by Gasteiger charge is 2.22. The van der Waals surface area contributed by atoms with E-state index in [-0.39, 0.29) is 19.0 Å². The van der Waals surface area contributed by atoms with Crippen molar-refractivity contribution in [3.63, 3.8) is 0 Å². The first-order valence-corrected chi connectivity index (χ1v) is 8.80. The molecule has 7 heteroatoms. The van der Waals surface area contributed by atoms with Crippen LogP contribution in [0, 0.1) is 5.41 Å². The van der Waals surface area contributed by atoms with Crippen LogP contribution in [0.25, 0.3) is 0 Å². The molecule has 0 aliphatic heterocycles. The van der Waals surface area contributed by atoms with Crippen molar-refractivity contribution in [3.8, 4) is 5.75 Å². The second-order valence-corrected chi connectivity index (χ2v) is 7.95. The van der Waals surface area contributed by atoms with E-state index in [1.54, 1.807) is 45.0 Å². The Balaban J connectivity index is 2.85. The number of rotatable bonds is 6. The molecule has 1 aromatic rings. The molecule has 0 saturated carbocycles. The Morgan fingerprint density at radius 1 is 1.32 bits per heavy atom. The van der Waals surface area contributed by atoms with Gasteiger partial charge < -0.3 is 10.1 Å². The zero-order valence-electron chi connectivity index (χ0n) is 13.7. The summed E-state index contributed by atoms with van der Waals surface area (Å²) in [6.07, 6.45) is 1.14. The van der Waals surface area contributed by atoms with E-state index in [9.17, 15) is 13.2 Å². The summed E-state index contributed by atoms with van der Waals surface area (Å²) in [7, 11) is -1.93. The molecule has 1 aromatic carbocycles. The van der Waals surface area contributed by atoms with Gasteiger partial charge in [-0.3, -0.25) is 9.10 Å². The zero-order chi connectivity index (χ0) is 17.0. The van der Waals surface area contributed by atoms with Crippen LogP contribution in [-0.4, -0.2) is 40.8 Å². The Kier molecular flexibility index (Phi) is 5.82. The van der Waals surface area contributed by atoms with E-state index < -0.39 is 15.4 Å². The summed E-state index contributed by atoms with van der Waals surface area (Å²) in [5.41, 5.74) is -0.00170. The van der Waals surface area contributed by atoms with Crippen molar-refractivity contribution in [2.24, 2.45) is 5.41 Å². The van der Waals surface area contributed by atoms with E-state index in [0.29, 0.717) is 11.4 Å². The fourth-order valence-electron chi connectivity index (χ4n) is 1.79. The van der Waals surface area contributed by atoms with Gasteiger partial charge in [0.2, 0.25) is 15.9 Å². The highest BCUT2D eigenvalue weighted by atomic mass is 32.2. The smallest absolute Gasteiger partial charge is 0.232 e. The normalized spacial score (nSPS) is 11.9. The lowest BCUT2D eigenvalue weighted by molar-refractivity contribution is -0.128. The molecule has 22 heavy (non-hydrogen) atoms. The minimum Gasteiger partial charge on any atom is -0.497 e. The van der Waals surface area contributed by atoms with Gasteiger partial charge in [0.15, 0.2) is 0 Å². The second-order valence-electron chi connectivity index (χ2n) is 6.04. The number of amides is 1. The molecular weight excluding hydrogens is 304 g/mol. The number of hydrogen-bond acceptors (Lipinski definition) is 4. The molecule has 0 atom stereocenters. The summed E-state index contributed by atoms with van der Waals surface area (Å²) in [6, 6.07) is 6.80. The van der Waals surface area contributed by atoms with Crippen LogP contribution in [0.15, 0.2) is 24.3 Å². The minimum atomic E-state index is -3.45. The summed E-state index contributed by atoms with van der Waals surface area (Å²) in [5, 5.41) is 2.75. The van der Waals surface area contributed by atoms with Crippen molar-refractivity contribution in [2.75, 3.05) is 30.8 Å². The molecule has 0 radical (unpaired) electrons. The van der Waals surface area contributed by atoms with Crippen LogP contribution in [0.5, 0.6) is 5.75 Å². The summed E-state index contributed by atoms with van der Waals surface area (Å²) in [5.74, 6) is 0.455. The standard InChI is InChI=1S/C15H24N2O4S/c1-15(2,3)14(18)16-9-10-17(22(5,19)20)12-7-6-8-13(11-12)21-4/h6-8,11H,9-10H2,1-5H3,(H,16,18). The van der Waals surface area contributed by atoms with Gasteiger partial charge in [-0.25, -0.2) is 8.42 Å². The largest absolute Gasteiger partial charge is 0.497 e. The predicted octanol–water partition coefficient (Wildman–Crippen LogP) is 1.62. The SMILES string of the molecule is COc1cccc(N(CCNC(=O)C(C)(C)C)S(C)(=O)=O)c1. The number of anilines is 1. The zero-order valence-corrected chi connectivity index (χ0v) is 14.5. The number of hydrogen-bond donors (Lipinski definition) is 1. The molecule has 1 N–H and O–H groups in total. The average Bonchev–Trinajstić information content (AvgIpc) is 2.40. The number of methoxy groups -OCH3 is 1. The van der Waals surface area contributed by atoms with Crippen molar-refractivity contribution in [3.05, 3.63) is 24.3 Å². The van der Waals surface area contributed by atoms with E-state index in [1.807, 2.05) is 0 Å². The lowest BCUT2D eigenvalue weighted by Gasteiger charge is -2.24. The first kappa shape index (κ1) is 18.3. The number of nitrogens with zero attached hydrogens (tertiary/aromatic N) is 1. The molecule has 0 aliphatic rings. The highest BCUT2D eigenvalue weighted by molar-refractivity contribution is 7.92. The molecule has 1 rings (SSSR count). The maximum atomic E-state index is 12.0. The average molecular weight is 328 g/mol. The lowest BCUT2D eigenvalue weighted by atomic mass is 9.96. The van der Waals surface area contributed by atoms with Gasteiger partial charge in [0.1, 0.15) is 5.75 Å². The number of sulfonamides is 1. The third-order valence-electron chi connectivity index (χ3n) is 3.02. The van der Waals surface area contributed by atoms with Crippen molar-refractivity contribution in [1.82, 2.24) is 5.32 Å². The Bertz CT molecular complexity index is 621. The molecule has 0 fully saturated rings. The summed E-state index contributed by atoms with van der Waals surface area (Å²) in [4.78, 5) is 11.8. The molecule has 0 heterocycles. The van der Waals surface area contributed by atoms with E-state index in [2.05, 4.69) is 5.32 Å². The van der Waals surface area contributed by atoms with Crippen LogP contribution >= 0.6 is 0 Å². The first-order chi connectivity index (χ1) is 10.1. The molecule has 0 saturated heterocycles. The fraction of sp³-hybridized carbons (Fsp3) is 0.533. The molecule has 124 valence electrons. The van der Waals surface area contributed by atoms with E-state index in [0.717, 1.165) is 6.26 Å². The molecule has 0 aromatic heterocycles. The number of carbonyl (C=O) groups excluding carboxylic acids is 1. The maximum absolute atomic E-state index is 12.0. The molecule has 0 unspecified atom stereocenters. The molecule has 1 amide bonds. The number of nitrogens with one attached hydrogen (secondary N) is 1. The van der Waals surface area contributed by atoms with Crippen molar-refractivity contribution in [2.45, 2.75) is 20.8 Å². The Morgan fingerprint density at radius 3 is 2.45 bits per heavy atom. The van der Waals surface area contributed by atoms with Gasteiger partial charge in [0.25, 0.3) is 0 Å². The van der Waals surface area contributed by atoms with Crippen LogP contribution in [0.3, 0.4) is 0 Å². The highest BCUT2D eigenvalue weighted by Crippen LogP contribution is 2.22. The van der Waals surface area contributed by atoms with Crippen molar-refractivity contribution >= 4 is 21.6 Å². The van der Waals surface area contributed by atoms with Crippen LogP contribution in [0.1, 0.15) is 20.8 Å². The Hall–Kier alpha value is -1.76. The monoisotopic (exact) mass is 328 g/mol. The lowest BCUT2D eigenvalue weighted by Crippen LogP contribution is -2.41. The minimum absolute atomic E-state index is 0.119. The summed E-state index contributed by atoms with van der Waals surface area (Å²) in [6.45, 7) is 5.81. The number of ether oxygens (including phenoxy) is 1. The van der Waals surface area contributed by atoms with E-state index >= 15 is 0 Å². The third-order valence-corrected chi connectivity index (χ3v) is 4.22. The van der Waals surface area contributed by atoms with E-state index in [4.69, 9.17) is 4.74 Å². The van der Waals surface area contributed by atoms with Gasteiger partial charge in [0, 0.05) is 18.0 Å². The molecular formula is C15H24N2O4S. The van der Waals surface area contributed by atoms with Crippen LogP contribution in [0.2, 0.25) is 0 Å². The van der Waals surface area contributed by atoms with Gasteiger partial charge in [-0.1, -0.05) is 26.8 Å². The molecule has 6 nitrogen and oxygen atoms in total.